The number of aromatic nitrogens is 2. The van der Waals surface area contributed by atoms with E-state index >= 15 is 0 Å². The van der Waals surface area contributed by atoms with Gasteiger partial charge in [-0.2, -0.15) is 5.10 Å². The second-order valence-electron chi connectivity index (χ2n) is 5.16. The third-order valence-corrected chi connectivity index (χ3v) is 3.66. The molecule has 0 bridgehead atoms. The SMILES string of the molecule is O=C(NC1CCCNC1)c1cn[nH]c1-c1ccccc1F. The van der Waals surface area contributed by atoms with Crippen LogP contribution in [-0.2, 0) is 0 Å². The summed E-state index contributed by atoms with van der Waals surface area (Å²) in [5.74, 6) is -0.606. The molecular formula is C15H17FN4O. The molecule has 1 atom stereocenters. The standard InChI is InChI=1S/C15H17FN4O/c16-13-6-2-1-5-11(13)14-12(9-18-20-14)15(21)19-10-4-3-7-17-8-10/h1-2,5-6,9-10,17H,3-4,7-8H2,(H,18,20)(H,19,21). The molecule has 1 aliphatic heterocycles. The fourth-order valence-corrected chi connectivity index (χ4v) is 2.57. The van der Waals surface area contributed by atoms with E-state index in [2.05, 4.69) is 20.8 Å². The minimum Gasteiger partial charge on any atom is -0.348 e. The summed E-state index contributed by atoms with van der Waals surface area (Å²) in [5.41, 5.74) is 1.13. The number of carbonyl (C=O) groups is 1. The Hall–Kier alpha value is -2.21. The molecule has 1 saturated heterocycles. The van der Waals surface area contributed by atoms with Crippen molar-refractivity contribution in [1.82, 2.24) is 20.8 Å². The van der Waals surface area contributed by atoms with Crippen molar-refractivity contribution in [2.24, 2.45) is 0 Å². The van der Waals surface area contributed by atoms with Gasteiger partial charge in [0.1, 0.15) is 5.82 Å². The predicted octanol–water partition coefficient (Wildman–Crippen LogP) is 1.70. The Morgan fingerprint density at radius 2 is 2.24 bits per heavy atom. The number of hydrogen-bond donors (Lipinski definition) is 3. The highest BCUT2D eigenvalue weighted by Gasteiger charge is 2.21. The zero-order chi connectivity index (χ0) is 14.7. The number of H-pyrrole nitrogens is 1. The van der Waals surface area contributed by atoms with Crippen LogP contribution in [0, 0.1) is 5.82 Å². The van der Waals surface area contributed by atoms with E-state index in [9.17, 15) is 9.18 Å². The van der Waals surface area contributed by atoms with Gasteiger partial charge in [0, 0.05) is 18.2 Å². The van der Waals surface area contributed by atoms with Crippen LogP contribution >= 0.6 is 0 Å². The normalized spacial score (nSPS) is 18.4. The highest BCUT2D eigenvalue weighted by molar-refractivity contribution is 5.99. The highest BCUT2D eigenvalue weighted by atomic mass is 19.1. The van der Waals surface area contributed by atoms with Crippen LogP contribution in [0.3, 0.4) is 0 Å². The van der Waals surface area contributed by atoms with Crippen LogP contribution in [0.5, 0.6) is 0 Å². The fraction of sp³-hybridized carbons (Fsp3) is 0.333. The summed E-state index contributed by atoms with van der Waals surface area (Å²) in [4.78, 5) is 12.4. The zero-order valence-corrected chi connectivity index (χ0v) is 11.5. The monoisotopic (exact) mass is 288 g/mol. The summed E-state index contributed by atoms with van der Waals surface area (Å²) in [6.07, 6.45) is 3.43. The molecule has 5 nitrogen and oxygen atoms in total. The first-order valence-electron chi connectivity index (χ1n) is 7.05. The number of rotatable bonds is 3. The number of halogens is 1. The zero-order valence-electron chi connectivity index (χ0n) is 11.5. The maximum Gasteiger partial charge on any atom is 0.255 e. The molecule has 1 fully saturated rings. The van der Waals surface area contributed by atoms with E-state index in [1.807, 2.05) is 0 Å². The highest BCUT2D eigenvalue weighted by Crippen LogP contribution is 2.24. The van der Waals surface area contributed by atoms with Crippen molar-refractivity contribution in [2.75, 3.05) is 13.1 Å². The third-order valence-electron chi connectivity index (χ3n) is 3.66. The molecular weight excluding hydrogens is 271 g/mol. The molecule has 0 radical (unpaired) electrons. The van der Waals surface area contributed by atoms with Gasteiger partial charge in [0.2, 0.25) is 0 Å². The topological polar surface area (TPSA) is 69.8 Å². The molecule has 0 aliphatic carbocycles. The van der Waals surface area contributed by atoms with Gasteiger partial charge in [-0.25, -0.2) is 4.39 Å². The molecule has 1 aliphatic rings. The first-order chi connectivity index (χ1) is 10.3. The number of piperidine rings is 1. The molecule has 3 rings (SSSR count). The number of aromatic amines is 1. The van der Waals surface area contributed by atoms with Crippen molar-refractivity contribution in [3.05, 3.63) is 41.8 Å². The van der Waals surface area contributed by atoms with Crippen molar-refractivity contribution in [1.29, 1.82) is 0 Å². The van der Waals surface area contributed by atoms with E-state index in [0.29, 0.717) is 16.8 Å². The largest absolute Gasteiger partial charge is 0.348 e. The van der Waals surface area contributed by atoms with Crippen molar-refractivity contribution in [3.63, 3.8) is 0 Å². The molecule has 110 valence electrons. The minimum absolute atomic E-state index is 0.106. The first kappa shape index (κ1) is 13.8. The van der Waals surface area contributed by atoms with Gasteiger partial charge in [0.15, 0.2) is 0 Å². The predicted molar refractivity (Wildman–Crippen MR) is 77.3 cm³/mol. The van der Waals surface area contributed by atoms with Crippen molar-refractivity contribution in [3.8, 4) is 11.3 Å². The lowest BCUT2D eigenvalue weighted by atomic mass is 10.0. The Morgan fingerprint density at radius 3 is 3.00 bits per heavy atom. The smallest absolute Gasteiger partial charge is 0.255 e. The van der Waals surface area contributed by atoms with E-state index in [4.69, 9.17) is 0 Å². The molecule has 1 amide bonds. The number of nitrogens with one attached hydrogen (secondary N) is 3. The van der Waals surface area contributed by atoms with Gasteiger partial charge < -0.3 is 10.6 Å². The Labute approximate surface area is 121 Å². The molecule has 1 aromatic carbocycles. The number of benzene rings is 1. The number of carbonyl (C=O) groups excluding carboxylic acids is 1. The van der Waals surface area contributed by atoms with Crippen LogP contribution in [0.1, 0.15) is 23.2 Å². The van der Waals surface area contributed by atoms with Crippen LogP contribution in [0.4, 0.5) is 4.39 Å². The van der Waals surface area contributed by atoms with Crippen LogP contribution in [0.2, 0.25) is 0 Å². The second-order valence-corrected chi connectivity index (χ2v) is 5.16. The first-order valence-corrected chi connectivity index (χ1v) is 7.05. The average molecular weight is 288 g/mol. The average Bonchev–Trinajstić information content (AvgIpc) is 2.98. The van der Waals surface area contributed by atoms with E-state index in [1.165, 1.54) is 12.3 Å². The quantitative estimate of drug-likeness (QED) is 0.805. The van der Waals surface area contributed by atoms with E-state index in [0.717, 1.165) is 25.9 Å². The van der Waals surface area contributed by atoms with Crippen LogP contribution in [0.15, 0.2) is 30.5 Å². The number of amides is 1. The molecule has 1 aromatic heterocycles. The molecule has 2 heterocycles. The van der Waals surface area contributed by atoms with E-state index in [-0.39, 0.29) is 17.8 Å². The van der Waals surface area contributed by atoms with Gasteiger partial charge in [-0.15, -0.1) is 0 Å². The summed E-state index contributed by atoms with van der Waals surface area (Å²) < 4.78 is 13.9. The van der Waals surface area contributed by atoms with Crippen molar-refractivity contribution in [2.45, 2.75) is 18.9 Å². The summed E-state index contributed by atoms with van der Waals surface area (Å²) in [6.45, 7) is 1.75. The van der Waals surface area contributed by atoms with Gasteiger partial charge in [-0.05, 0) is 31.5 Å². The summed E-state index contributed by atoms with van der Waals surface area (Å²) in [5, 5.41) is 12.8. The minimum atomic E-state index is -0.380. The number of hydrogen-bond acceptors (Lipinski definition) is 3. The van der Waals surface area contributed by atoms with Gasteiger partial charge in [-0.3, -0.25) is 9.89 Å². The molecule has 6 heteroatoms. The molecule has 0 spiro atoms. The lowest BCUT2D eigenvalue weighted by Gasteiger charge is -2.23. The number of nitrogens with zero attached hydrogens (tertiary/aromatic N) is 1. The Balaban J connectivity index is 1.82. The Morgan fingerprint density at radius 1 is 1.38 bits per heavy atom. The van der Waals surface area contributed by atoms with Gasteiger partial charge >= 0.3 is 0 Å². The molecule has 0 saturated carbocycles. The molecule has 21 heavy (non-hydrogen) atoms. The van der Waals surface area contributed by atoms with Crippen molar-refractivity contribution >= 4 is 5.91 Å². The summed E-state index contributed by atoms with van der Waals surface area (Å²) >= 11 is 0. The van der Waals surface area contributed by atoms with Crippen LogP contribution in [-0.4, -0.2) is 35.2 Å². The van der Waals surface area contributed by atoms with Crippen LogP contribution in [0.25, 0.3) is 11.3 Å². The van der Waals surface area contributed by atoms with Crippen molar-refractivity contribution < 1.29 is 9.18 Å². The lowest BCUT2D eigenvalue weighted by molar-refractivity contribution is 0.0931. The maximum absolute atomic E-state index is 13.9. The Bertz CT molecular complexity index is 634. The van der Waals surface area contributed by atoms with Crippen LogP contribution < -0.4 is 10.6 Å². The third kappa shape index (κ3) is 2.95. The van der Waals surface area contributed by atoms with Gasteiger partial charge in [-0.1, -0.05) is 12.1 Å². The fourth-order valence-electron chi connectivity index (χ4n) is 2.57. The van der Waals surface area contributed by atoms with E-state index in [1.54, 1.807) is 18.2 Å². The maximum atomic E-state index is 13.9. The lowest BCUT2D eigenvalue weighted by Crippen LogP contribution is -2.45. The van der Waals surface area contributed by atoms with E-state index < -0.39 is 0 Å². The molecule has 1 unspecified atom stereocenters. The molecule has 3 N–H and O–H groups in total. The van der Waals surface area contributed by atoms with Gasteiger partial charge in [0.05, 0.1) is 17.5 Å². The summed E-state index contributed by atoms with van der Waals surface area (Å²) in [7, 11) is 0. The second kappa shape index (κ2) is 6.05. The summed E-state index contributed by atoms with van der Waals surface area (Å²) in [6, 6.07) is 6.44. The molecule has 2 aromatic rings. The Kier molecular flexibility index (Phi) is 3.96. The van der Waals surface area contributed by atoms with Gasteiger partial charge in [0.25, 0.3) is 5.91 Å².